The fourth-order valence-corrected chi connectivity index (χ4v) is 1.39. The first-order valence-corrected chi connectivity index (χ1v) is 6.10. The van der Waals surface area contributed by atoms with Crippen molar-refractivity contribution in [2.75, 3.05) is 12.4 Å². The number of carbonyl (C=O) groups excluding carboxylic acids is 1. The van der Waals surface area contributed by atoms with Crippen molar-refractivity contribution in [3.8, 4) is 5.75 Å². The lowest BCUT2D eigenvalue weighted by atomic mass is 9.96. The molecule has 0 saturated carbocycles. The number of alkyl halides is 1. The molecular weight excluding hydrogens is 261 g/mol. The van der Waals surface area contributed by atoms with Gasteiger partial charge >= 0.3 is 0 Å². The molecular formula is C12H15Cl2NO2. The van der Waals surface area contributed by atoms with Gasteiger partial charge in [0.1, 0.15) is 5.75 Å². The van der Waals surface area contributed by atoms with E-state index in [-0.39, 0.29) is 22.1 Å². The van der Waals surface area contributed by atoms with Gasteiger partial charge in [-0.2, -0.15) is 0 Å². The van der Waals surface area contributed by atoms with Crippen molar-refractivity contribution >= 4 is 29.1 Å². The van der Waals surface area contributed by atoms with E-state index in [4.69, 9.17) is 23.2 Å². The van der Waals surface area contributed by atoms with Crippen LogP contribution in [0.3, 0.4) is 0 Å². The molecule has 1 rings (SSSR count). The number of rotatable bonds is 4. The zero-order chi connectivity index (χ0) is 13.1. The lowest BCUT2D eigenvalue weighted by Gasteiger charge is -2.21. The quantitative estimate of drug-likeness (QED) is 0.830. The first-order chi connectivity index (χ1) is 7.85. The molecule has 0 fully saturated rings. The van der Waals surface area contributed by atoms with E-state index in [0.717, 1.165) is 0 Å². The summed E-state index contributed by atoms with van der Waals surface area (Å²) in [5, 5.41) is 12.2. The lowest BCUT2D eigenvalue weighted by Crippen LogP contribution is -2.34. The van der Waals surface area contributed by atoms with Crippen molar-refractivity contribution in [3.63, 3.8) is 0 Å². The number of phenolic OH excluding ortho intramolecular Hbond substituents is 1. The molecule has 0 saturated heterocycles. The van der Waals surface area contributed by atoms with Crippen LogP contribution in [0.5, 0.6) is 5.75 Å². The van der Waals surface area contributed by atoms with Gasteiger partial charge in [-0.15, -0.1) is 11.6 Å². The molecule has 0 bridgehead atoms. The van der Waals surface area contributed by atoms with E-state index in [1.165, 1.54) is 18.2 Å². The molecule has 0 aromatic heterocycles. The van der Waals surface area contributed by atoms with Gasteiger partial charge in [0.25, 0.3) is 5.91 Å². The summed E-state index contributed by atoms with van der Waals surface area (Å²) in [6.45, 7) is 4.40. The highest BCUT2D eigenvalue weighted by Gasteiger charge is 2.18. The molecule has 1 aromatic carbocycles. The van der Waals surface area contributed by atoms with Crippen molar-refractivity contribution in [3.05, 3.63) is 28.8 Å². The zero-order valence-electron chi connectivity index (χ0n) is 9.76. The Morgan fingerprint density at radius 2 is 2.12 bits per heavy atom. The normalized spacial score (nSPS) is 11.3. The molecule has 3 nitrogen and oxygen atoms in total. The molecule has 0 unspecified atom stereocenters. The molecule has 5 heteroatoms. The van der Waals surface area contributed by atoms with Gasteiger partial charge in [-0.25, -0.2) is 0 Å². The number of hydrogen-bond donors (Lipinski definition) is 2. The highest BCUT2D eigenvalue weighted by atomic mass is 35.5. The summed E-state index contributed by atoms with van der Waals surface area (Å²) in [5.41, 5.74) is 0.260. The standard InChI is InChI=1S/C12H15Cl2NO2/c1-12(2,6-13)7-15-11(17)8-3-4-10(16)9(14)5-8/h3-5,16H,6-7H2,1-2H3,(H,15,17). The molecule has 17 heavy (non-hydrogen) atoms. The molecule has 0 aliphatic rings. The molecule has 0 aliphatic heterocycles. The Labute approximate surface area is 111 Å². The Morgan fingerprint density at radius 3 is 2.65 bits per heavy atom. The number of amides is 1. The van der Waals surface area contributed by atoms with Crippen LogP contribution in [-0.4, -0.2) is 23.4 Å². The van der Waals surface area contributed by atoms with E-state index in [2.05, 4.69) is 5.32 Å². The Balaban J connectivity index is 2.68. The largest absolute Gasteiger partial charge is 0.506 e. The van der Waals surface area contributed by atoms with E-state index >= 15 is 0 Å². The van der Waals surface area contributed by atoms with Crippen molar-refractivity contribution in [2.24, 2.45) is 5.41 Å². The lowest BCUT2D eigenvalue weighted by molar-refractivity contribution is 0.0940. The van der Waals surface area contributed by atoms with Crippen LogP contribution in [0.4, 0.5) is 0 Å². The Morgan fingerprint density at radius 1 is 1.47 bits per heavy atom. The van der Waals surface area contributed by atoms with Crippen molar-refractivity contribution < 1.29 is 9.90 Å². The summed E-state index contributed by atoms with van der Waals surface area (Å²) in [4.78, 5) is 11.8. The number of nitrogens with one attached hydrogen (secondary N) is 1. The fraction of sp³-hybridized carbons (Fsp3) is 0.417. The van der Waals surface area contributed by atoms with Crippen LogP contribution in [0.1, 0.15) is 24.2 Å². The SMILES string of the molecule is CC(C)(CCl)CNC(=O)c1ccc(O)c(Cl)c1. The molecule has 2 N–H and O–H groups in total. The molecule has 1 amide bonds. The van der Waals surface area contributed by atoms with Crippen LogP contribution in [-0.2, 0) is 0 Å². The number of hydrogen-bond acceptors (Lipinski definition) is 2. The third-order valence-electron chi connectivity index (χ3n) is 2.30. The Hall–Kier alpha value is -0.930. The second kappa shape index (κ2) is 5.61. The van der Waals surface area contributed by atoms with Crippen LogP contribution >= 0.6 is 23.2 Å². The zero-order valence-corrected chi connectivity index (χ0v) is 11.3. The average molecular weight is 276 g/mol. The fourth-order valence-electron chi connectivity index (χ4n) is 1.12. The summed E-state index contributed by atoms with van der Waals surface area (Å²) in [6, 6.07) is 4.34. The second-order valence-electron chi connectivity index (χ2n) is 4.65. The average Bonchev–Trinajstić information content (AvgIpc) is 2.30. The van der Waals surface area contributed by atoms with Gasteiger partial charge in [0.05, 0.1) is 5.02 Å². The maximum atomic E-state index is 11.8. The highest BCUT2D eigenvalue weighted by molar-refractivity contribution is 6.32. The molecule has 0 heterocycles. The summed E-state index contributed by atoms with van der Waals surface area (Å²) in [5.74, 6) is 0.193. The number of halogens is 2. The van der Waals surface area contributed by atoms with Crippen LogP contribution in [0, 0.1) is 5.41 Å². The van der Waals surface area contributed by atoms with E-state index in [0.29, 0.717) is 18.0 Å². The summed E-state index contributed by atoms with van der Waals surface area (Å²) in [6.07, 6.45) is 0. The predicted octanol–water partition coefficient (Wildman–Crippen LogP) is 3.04. The van der Waals surface area contributed by atoms with Crippen LogP contribution in [0.25, 0.3) is 0 Å². The predicted molar refractivity (Wildman–Crippen MR) is 70.0 cm³/mol. The number of aromatic hydroxyl groups is 1. The number of carbonyl (C=O) groups is 1. The van der Waals surface area contributed by atoms with E-state index in [1.807, 2.05) is 13.8 Å². The third kappa shape index (κ3) is 4.10. The van der Waals surface area contributed by atoms with Crippen molar-refractivity contribution in [1.82, 2.24) is 5.32 Å². The number of benzene rings is 1. The van der Waals surface area contributed by atoms with Gasteiger partial charge in [-0.05, 0) is 23.6 Å². The van der Waals surface area contributed by atoms with E-state index in [1.54, 1.807) is 0 Å². The maximum absolute atomic E-state index is 11.8. The van der Waals surface area contributed by atoms with Crippen molar-refractivity contribution in [2.45, 2.75) is 13.8 Å². The number of phenols is 1. The smallest absolute Gasteiger partial charge is 0.251 e. The molecule has 0 aliphatic carbocycles. The topological polar surface area (TPSA) is 49.3 Å². The van der Waals surface area contributed by atoms with Crippen LogP contribution in [0.2, 0.25) is 5.02 Å². The summed E-state index contributed by atoms with van der Waals surface area (Å²) in [7, 11) is 0. The van der Waals surface area contributed by atoms with Gasteiger partial charge < -0.3 is 10.4 Å². The maximum Gasteiger partial charge on any atom is 0.251 e. The minimum Gasteiger partial charge on any atom is -0.506 e. The van der Waals surface area contributed by atoms with Gasteiger partial charge in [-0.3, -0.25) is 4.79 Å². The minimum absolute atomic E-state index is 0.0377. The second-order valence-corrected chi connectivity index (χ2v) is 5.32. The molecule has 94 valence electrons. The van der Waals surface area contributed by atoms with E-state index < -0.39 is 0 Å². The minimum atomic E-state index is -0.231. The van der Waals surface area contributed by atoms with Gasteiger partial charge in [-0.1, -0.05) is 25.4 Å². The van der Waals surface area contributed by atoms with E-state index in [9.17, 15) is 9.90 Å². The highest BCUT2D eigenvalue weighted by Crippen LogP contribution is 2.23. The molecule has 1 aromatic rings. The molecule has 0 atom stereocenters. The monoisotopic (exact) mass is 275 g/mol. The Kier molecular flexibility index (Phi) is 4.66. The van der Waals surface area contributed by atoms with Gasteiger partial charge in [0, 0.05) is 18.0 Å². The van der Waals surface area contributed by atoms with Gasteiger partial charge in [0.2, 0.25) is 0 Å². The van der Waals surface area contributed by atoms with Crippen molar-refractivity contribution in [1.29, 1.82) is 0 Å². The van der Waals surface area contributed by atoms with Gasteiger partial charge in [0.15, 0.2) is 0 Å². The summed E-state index contributed by atoms with van der Waals surface area (Å²) < 4.78 is 0. The first-order valence-electron chi connectivity index (χ1n) is 5.18. The third-order valence-corrected chi connectivity index (χ3v) is 3.33. The molecule has 0 radical (unpaired) electrons. The first kappa shape index (κ1) is 14.1. The van der Waals surface area contributed by atoms with Crippen LogP contribution < -0.4 is 5.32 Å². The Bertz CT molecular complexity index is 419. The van der Waals surface area contributed by atoms with Crippen LogP contribution in [0.15, 0.2) is 18.2 Å². The molecule has 0 spiro atoms. The summed E-state index contributed by atoms with van der Waals surface area (Å²) >= 11 is 11.5.